The molecule has 0 saturated heterocycles. The molecule has 0 spiro atoms. The van der Waals surface area contributed by atoms with Gasteiger partial charge in [0, 0.05) is 4.47 Å². The van der Waals surface area contributed by atoms with E-state index in [0.717, 1.165) is 10.0 Å². The van der Waals surface area contributed by atoms with Crippen LogP contribution in [0, 0.1) is 12.8 Å². The number of carbonyl (C=O) groups excluding carboxylic acids is 1. The lowest BCUT2D eigenvalue weighted by Gasteiger charge is -2.11. The average molecular weight is 313 g/mol. The number of anilines is 2. The number of nitrogens with two attached hydrogens (primary N) is 1. The first-order valence-electron chi connectivity index (χ1n) is 5.99. The zero-order valence-corrected chi connectivity index (χ0v) is 11.9. The van der Waals surface area contributed by atoms with E-state index in [-0.39, 0.29) is 12.5 Å². The SMILES string of the molecule is Cc1cc(Br)cc(NC(=O)COCC2CC2)c1N. The zero-order chi connectivity index (χ0) is 13.1. The summed E-state index contributed by atoms with van der Waals surface area (Å²) < 4.78 is 6.22. The topological polar surface area (TPSA) is 64.3 Å². The molecular formula is C13H17BrN2O2. The summed E-state index contributed by atoms with van der Waals surface area (Å²) in [5, 5.41) is 2.77. The third-order valence-corrected chi connectivity index (χ3v) is 3.37. The molecule has 0 atom stereocenters. The molecule has 0 heterocycles. The van der Waals surface area contributed by atoms with Crippen LogP contribution in [-0.4, -0.2) is 19.1 Å². The minimum atomic E-state index is -0.167. The largest absolute Gasteiger partial charge is 0.397 e. The van der Waals surface area contributed by atoms with Gasteiger partial charge in [-0.15, -0.1) is 0 Å². The zero-order valence-electron chi connectivity index (χ0n) is 10.3. The number of nitrogens with one attached hydrogen (secondary N) is 1. The minimum absolute atomic E-state index is 0.0848. The number of amides is 1. The predicted molar refractivity (Wildman–Crippen MR) is 75.5 cm³/mol. The number of nitrogen functional groups attached to an aromatic ring is 1. The first-order valence-corrected chi connectivity index (χ1v) is 6.79. The van der Waals surface area contributed by atoms with E-state index in [2.05, 4.69) is 21.2 Å². The second-order valence-electron chi connectivity index (χ2n) is 4.69. The van der Waals surface area contributed by atoms with E-state index >= 15 is 0 Å². The Hall–Kier alpha value is -1.07. The quantitative estimate of drug-likeness (QED) is 0.822. The fraction of sp³-hybridized carbons (Fsp3) is 0.462. The first kappa shape index (κ1) is 13.4. The molecule has 0 radical (unpaired) electrons. The third-order valence-electron chi connectivity index (χ3n) is 2.91. The van der Waals surface area contributed by atoms with Gasteiger partial charge in [0.25, 0.3) is 0 Å². The van der Waals surface area contributed by atoms with Crippen LogP contribution in [0.4, 0.5) is 11.4 Å². The van der Waals surface area contributed by atoms with Crippen LogP contribution in [0.1, 0.15) is 18.4 Å². The maximum Gasteiger partial charge on any atom is 0.250 e. The van der Waals surface area contributed by atoms with Crippen LogP contribution in [-0.2, 0) is 9.53 Å². The molecule has 0 aliphatic heterocycles. The Morgan fingerprint density at radius 3 is 2.94 bits per heavy atom. The highest BCUT2D eigenvalue weighted by atomic mass is 79.9. The van der Waals surface area contributed by atoms with Crippen LogP contribution in [0.15, 0.2) is 16.6 Å². The van der Waals surface area contributed by atoms with Crippen LogP contribution in [0.3, 0.4) is 0 Å². The molecule has 1 fully saturated rings. The van der Waals surface area contributed by atoms with Crippen molar-refractivity contribution >= 4 is 33.2 Å². The second-order valence-corrected chi connectivity index (χ2v) is 5.61. The summed E-state index contributed by atoms with van der Waals surface area (Å²) in [4.78, 5) is 11.7. The molecule has 1 aliphatic carbocycles. The molecule has 3 N–H and O–H groups in total. The average Bonchev–Trinajstić information content (AvgIpc) is 3.09. The van der Waals surface area contributed by atoms with E-state index < -0.39 is 0 Å². The highest BCUT2D eigenvalue weighted by molar-refractivity contribution is 9.10. The monoisotopic (exact) mass is 312 g/mol. The summed E-state index contributed by atoms with van der Waals surface area (Å²) >= 11 is 3.38. The lowest BCUT2D eigenvalue weighted by molar-refractivity contribution is -0.120. The molecule has 4 nitrogen and oxygen atoms in total. The molecule has 1 aromatic rings. The van der Waals surface area contributed by atoms with Crippen molar-refractivity contribution in [3.63, 3.8) is 0 Å². The molecule has 1 saturated carbocycles. The molecule has 0 unspecified atom stereocenters. The van der Waals surface area contributed by atoms with Gasteiger partial charge in [-0.3, -0.25) is 4.79 Å². The lowest BCUT2D eigenvalue weighted by Crippen LogP contribution is -2.20. The van der Waals surface area contributed by atoms with Gasteiger partial charge in [0.2, 0.25) is 5.91 Å². The highest BCUT2D eigenvalue weighted by Gasteiger charge is 2.21. The number of ether oxygens (including phenoxy) is 1. The van der Waals surface area contributed by atoms with Gasteiger partial charge in [-0.25, -0.2) is 0 Å². The summed E-state index contributed by atoms with van der Waals surface area (Å²) in [6.07, 6.45) is 2.44. The van der Waals surface area contributed by atoms with Crippen molar-refractivity contribution in [1.29, 1.82) is 0 Å². The van der Waals surface area contributed by atoms with Crippen molar-refractivity contribution < 1.29 is 9.53 Å². The number of hydrogen-bond donors (Lipinski definition) is 2. The van der Waals surface area contributed by atoms with Gasteiger partial charge in [-0.1, -0.05) is 15.9 Å². The fourth-order valence-corrected chi connectivity index (χ4v) is 2.22. The summed E-state index contributed by atoms with van der Waals surface area (Å²) in [7, 11) is 0. The predicted octanol–water partition coefficient (Wildman–Crippen LogP) is 2.70. The van der Waals surface area contributed by atoms with Crippen molar-refractivity contribution in [3.05, 3.63) is 22.2 Å². The van der Waals surface area contributed by atoms with Crippen LogP contribution in [0.2, 0.25) is 0 Å². The van der Waals surface area contributed by atoms with E-state index in [1.165, 1.54) is 12.8 Å². The molecule has 0 aromatic heterocycles. The van der Waals surface area contributed by atoms with E-state index in [4.69, 9.17) is 10.5 Å². The van der Waals surface area contributed by atoms with E-state index in [1.54, 1.807) is 6.07 Å². The Kier molecular flexibility index (Phi) is 4.24. The number of benzene rings is 1. The van der Waals surface area contributed by atoms with Gasteiger partial charge in [0.15, 0.2) is 0 Å². The van der Waals surface area contributed by atoms with Gasteiger partial charge in [-0.2, -0.15) is 0 Å². The number of aryl methyl sites for hydroxylation is 1. The molecule has 1 aromatic carbocycles. The fourth-order valence-electron chi connectivity index (χ4n) is 1.65. The summed E-state index contributed by atoms with van der Waals surface area (Å²) in [5.74, 6) is 0.496. The van der Waals surface area contributed by atoms with E-state index in [0.29, 0.717) is 23.9 Å². The smallest absolute Gasteiger partial charge is 0.250 e. The number of hydrogen-bond acceptors (Lipinski definition) is 3. The van der Waals surface area contributed by atoms with Crippen molar-refractivity contribution in [2.75, 3.05) is 24.3 Å². The standard InChI is InChI=1S/C13H17BrN2O2/c1-8-4-10(14)5-11(13(8)15)16-12(17)7-18-6-9-2-3-9/h4-5,9H,2-3,6-7,15H2,1H3,(H,16,17). The molecule has 1 aliphatic rings. The Labute approximate surface area is 115 Å². The van der Waals surface area contributed by atoms with Crippen LogP contribution >= 0.6 is 15.9 Å². The maximum atomic E-state index is 11.7. The molecule has 1 amide bonds. The molecule has 0 bridgehead atoms. The number of halogens is 1. The van der Waals surface area contributed by atoms with Gasteiger partial charge in [0.1, 0.15) is 6.61 Å². The molecule has 18 heavy (non-hydrogen) atoms. The first-order chi connectivity index (χ1) is 8.56. The van der Waals surface area contributed by atoms with Crippen LogP contribution < -0.4 is 11.1 Å². The lowest BCUT2D eigenvalue weighted by atomic mass is 10.2. The Morgan fingerprint density at radius 2 is 2.28 bits per heavy atom. The van der Waals surface area contributed by atoms with E-state index in [9.17, 15) is 4.79 Å². The van der Waals surface area contributed by atoms with Crippen LogP contribution in [0.25, 0.3) is 0 Å². The van der Waals surface area contributed by atoms with Crippen molar-refractivity contribution in [2.45, 2.75) is 19.8 Å². The van der Waals surface area contributed by atoms with Gasteiger partial charge in [0.05, 0.1) is 18.0 Å². The number of carbonyl (C=O) groups is 1. The van der Waals surface area contributed by atoms with Gasteiger partial charge < -0.3 is 15.8 Å². The molecular weight excluding hydrogens is 296 g/mol. The third kappa shape index (κ3) is 3.71. The van der Waals surface area contributed by atoms with Gasteiger partial charge in [-0.05, 0) is 43.4 Å². The summed E-state index contributed by atoms with van der Waals surface area (Å²) in [6.45, 7) is 2.67. The molecule has 5 heteroatoms. The van der Waals surface area contributed by atoms with Gasteiger partial charge >= 0.3 is 0 Å². The molecule has 2 rings (SSSR count). The molecule has 98 valence electrons. The second kappa shape index (κ2) is 5.71. The normalized spacial score (nSPS) is 14.6. The van der Waals surface area contributed by atoms with E-state index in [1.807, 2.05) is 13.0 Å². The number of rotatable bonds is 5. The Balaban J connectivity index is 1.89. The van der Waals surface area contributed by atoms with Crippen LogP contribution in [0.5, 0.6) is 0 Å². The van der Waals surface area contributed by atoms with Crippen molar-refractivity contribution in [1.82, 2.24) is 0 Å². The maximum absolute atomic E-state index is 11.7. The summed E-state index contributed by atoms with van der Waals surface area (Å²) in [5.41, 5.74) is 8.06. The van der Waals surface area contributed by atoms with Crippen molar-refractivity contribution in [2.24, 2.45) is 5.92 Å². The summed E-state index contributed by atoms with van der Waals surface area (Å²) in [6, 6.07) is 3.70. The Bertz CT molecular complexity index is 459. The minimum Gasteiger partial charge on any atom is -0.397 e. The Morgan fingerprint density at radius 1 is 1.56 bits per heavy atom. The highest BCUT2D eigenvalue weighted by Crippen LogP contribution is 2.29. The van der Waals surface area contributed by atoms with Crippen molar-refractivity contribution in [3.8, 4) is 0 Å².